The van der Waals surface area contributed by atoms with Crippen molar-refractivity contribution in [3.63, 3.8) is 0 Å². The summed E-state index contributed by atoms with van der Waals surface area (Å²) in [6, 6.07) is 25.9. The third-order valence-corrected chi connectivity index (χ3v) is 8.10. The number of anilines is 1. The second-order valence-corrected chi connectivity index (χ2v) is 13.1. The van der Waals surface area contributed by atoms with Gasteiger partial charge in [-0.2, -0.15) is 0 Å². The first-order chi connectivity index (χ1) is 20.9. The SMILES string of the molecule is Cc1cc(OCc2cccc(-c3c(C)cc(OCCCS(C)(=O)=O)cc3C)c2)ccc1N(CC(=O)O)C(=O)c1ccccc1. The number of ether oxygens (including phenoxy) is 2. The van der Waals surface area contributed by atoms with E-state index in [4.69, 9.17) is 9.47 Å². The molecule has 4 aromatic carbocycles. The third kappa shape index (κ3) is 8.70. The largest absolute Gasteiger partial charge is 0.494 e. The molecule has 0 aliphatic heterocycles. The van der Waals surface area contributed by atoms with Crippen LogP contribution < -0.4 is 14.4 Å². The van der Waals surface area contributed by atoms with Gasteiger partial charge in [0.05, 0.1) is 12.4 Å². The molecule has 0 fully saturated rings. The summed E-state index contributed by atoms with van der Waals surface area (Å²) in [4.78, 5) is 26.0. The summed E-state index contributed by atoms with van der Waals surface area (Å²) in [6.07, 6.45) is 1.66. The van der Waals surface area contributed by atoms with Gasteiger partial charge in [-0.25, -0.2) is 8.42 Å². The molecule has 0 radical (unpaired) electrons. The summed E-state index contributed by atoms with van der Waals surface area (Å²) in [5.74, 6) is -0.0877. The highest BCUT2D eigenvalue weighted by Gasteiger charge is 2.22. The number of carboxylic acid groups (broad SMARTS) is 1. The molecular formula is C35H37NO7S. The first-order valence-corrected chi connectivity index (χ1v) is 16.3. The van der Waals surface area contributed by atoms with Crippen molar-refractivity contribution in [2.24, 2.45) is 0 Å². The molecule has 4 aromatic rings. The van der Waals surface area contributed by atoms with Crippen LogP contribution in [0.5, 0.6) is 11.5 Å². The number of carbonyl (C=O) groups is 2. The Morgan fingerprint density at radius 3 is 2.11 bits per heavy atom. The fourth-order valence-corrected chi connectivity index (χ4v) is 5.76. The van der Waals surface area contributed by atoms with E-state index in [2.05, 4.69) is 6.07 Å². The Labute approximate surface area is 258 Å². The normalized spacial score (nSPS) is 11.2. The first-order valence-electron chi connectivity index (χ1n) is 14.2. The second kappa shape index (κ2) is 14.2. The summed E-state index contributed by atoms with van der Waals surface area (Å²) < 4.78 is 34.6. The number of benzene rings is 4. The van der Waals surface area contributed by atoms with Gasteiger partial charge in [-0.05, 0) is 109 Å². The quantitative estimate of drug-likeness (QED) is 0.173. The van der Waals surface area contributed by atoms with Gasteiger partial charge in [0.25, 0.3) is 5.91 Å². The molecule has 0 atom stereocenters. The van der Waals surface area contributed by atoms with Gasteiger partial charge in [0.2, 0.25) is 0 Å². The fraction of sp³-hybridized carbons (Fsp3) is 0.257. The van der Waals surface area contributed by atoms with E-state index in [1.54, 1.807) is 48.5 Å². The number of rotatable bonds is 13. The highest BCUT2D eigenvalue weighted by atomic mass is 32.2. The molecule has 0 saturated carbocycles. The smallest absolute Gasteiger partial charge is 0.323 e. The molecule has 0 aliphatic carbocycles. The molecule has 44 heavy (non-hydrogen) atoms. The van der Waals surface area contributed by atoms with Gasteiger partial charge in [-0.1, -0.05) is 36.4 Å². The zero-order valence-electron chi connectivity index (χ0n) is 25.4. The first kappa shape index (κ1) is 32.3. The molecule has 0 saturated heterocycles. The van der Waals surface area contributed by atoms with E-state index >= 15 is 0 Å². The van der Waals surface area contributed by atoms with Crippen molar-refractivity contribution in [1.29, 1.82) is 0 Å². The van der Waals surface area contributed by atoms with E-state index in [1.807, 2.05) is 51.1 Å². The number of hydrogen-bond donors (Lipinski definition) is 1. The van der Waals surface area contributed by atoms with Gasteiger partial charge in [-0.3, -0.25) is 14.5 Å². The zero-order valence-corrected chi connectivity index (χ0v) is 26.2. The molecule has 0 aliphatic rings. The van der Waals surface area contributed by atoms with Crippen LogP contribution in [-0.4, -0.2) is 50.6 Å². The van der Waals surface area contributed by atoms with E-state index in [0.29, 0.717) is 47.9 Å². The van der Waals surface area contributed by atoms with Crippen LogP contribution in [0.4, 0.5) is 5.69 Å². The van der Waals surface area contributed by atoms with E-state index < -0.39 is 28.3 Å². The predicted molar refractivity (Wildman–Crippen MR) is 172 cm³/mol. The number of sulfone groups is 1. The van der Waals surface area contributed by atoms with Crippen LogP contribution >= 0.6 is 0 Å². The molecule has 9 heteroatoms. The molecule has 0 bridgehead atoms. The fourth-order valence-electron chi connectivity index (χ4n) is 5.12. The molecule has 8 nitrogen and oxygen atoms in total. The number of hydrogen-bond acceptors (Lipinski definition) is 6. The van der Waals surface area contributed by atoms with Crippen LogP contribution in [0.3, 0.4) is 0 Å². The standard InChI is InChI=1S/C35H37NO7S/c1-24-18-30(14-15-32(24)36(22-33(37)38)35(39)28-11-6-5-7-12-28)43-23-27-10-8-13-29(21-27)34-25(2)19-31(20-26(34)3)42-16-9-17-44(4,40)41/h5-8,10-15,18-21H,9,16-17,22-23H2,1-4H3,(H,37,38). The maximum atomic E-state index is 13.1. The van der Waals surface area contributed by atoms with Gasteiger partial charge in [0.15, 0.2) is 0 Å². The lowest BCUT2D eigenvalue weighted by Gasteiger charge is -2.23. The lowest BCUT2D eigenvalue weighted by molar-refractivity contribution is -0.135. The summed E-state index contributed by atoms with van der Waals surface area (Å²) >= 11 is 0. The van der Waals surface area contributed by atoms with Gasteiger partial charge in [0, 0.05) is 17.5 Å². The minimum Gasteiger partial charge on any atom is -0.494 e. The zero-order chi connectivity index (χ0) is 31.9. The van der Waals surface area contributed by atoms with Crippen molar-refractivity contribution in [1.82, 2.24) is 0 Å². The van der Waals surface area contributed by atoms with Crippen molar-refractivity contribution in [3.8, 4) is 22.6 Å². The van der Waals surface area contributed by atoms with Crippen molar-refractivity contribution in [3.05, 3.63) is 113 Å². The summed E-state index contributed by atoms with van der Waals surface area (Å²) in [6.45, 7) is 6.05. The maximum absolute atomic E-state index is 13.1. The molecular weight excluding hydrogens is 578 g/mol. The van der Waals surface area contributed by atoms with E-state index in [-0.39, 0.29) is 5.75 Å². The molecule has 230 valence electrons. The lowest BCUT2D eigenvalue weighted by atomic mass is 9.94. The van der Waals surface area contributed by atoms with E-state index in [1.165, 1.54) is 11.2 Å². The molecule has 0 aromatic heterocycles. The van der Waals surface area contributed by atoms with Gasteiger partial charge in [0.1, 0.15) is 34.5 Å². The molecule has 0 unspecified atom stereocenters. The monoisotopic (exact) mass is 615 g/mol. The summed E-state index contributed by atoms with van der Waals surface area (Å²) in [5, 5.41) is 9.47. The number of carboxylic acids is 1. The molecule has 4 rings (SSSR count). The third-order valence-electron chi connectivity index (χ3n) is 7.07. The van der Waals surface area contributed by atoms with Crippen molar-refractivity contribution in [2.45, 2.75) is 33.8 Å². The summed E-state index contributed by atoms with van der Waals surface area (Å²) in [5.41, 5.74) is 6.82. The Hall–Kier alpha value is -4.63. The van der Waals surface area contributed by atoms with Crippen molar-refractivity contribution >= 4 is 27.4 Å². The second-order valence-electron chi connectivity index (χ2n) is 10.9. The number of aliphatic carboxylic acids is 1. The van der Waals surface area contributed by atoms with Gasteiger partial charge in [-0.15, -0.1) is 0 Å². The number of carbonyl (C=O) groups excluding carboxylic acids is 1. The van der Waals surface area contributed by atoms with Gasteiger partial charge < -0.3 is 14.6 Å². The lowest BCUT2D eigenvalue weighted by Crippen LogP contribution is -2.36. The number of nitrogens with zero attached hydrogens (tertiary/aromatic N) is 1. The molecule has 0 spiro atoms. The Morgan fingerprint density at radius 2 is 1.48 bits per heavy atom. The maximum Gasteiger partial charge on any atom is 0.323 e. The Kier molecular flexibility index (Phi) is 10.4. The van der Waals surface area contributed by atoms with Crippen LogP contribution in [0.2, 0.25) is 0 Å². The van der Waals surface area contributed by atoms with Crippen molar-refractivity contribution < 1.29 is 32.6 Å². The average molecular weight is 616 g/mol. The van der Waals surface area contributed by atoms with Crippen LogP contribution in [0.1, 0.15) is 39.0 Å². The minimum absolute atomic E-state index is 0.0960. The molecule has 0 heterocycles. The minimum atomic E-state index is -3.01. The van der Waals surface area contributed by atoms with Crippen LogP contribution in [0.25, 0.3) is 11.1 Å². The van der Waals surface area contributed by atoms with Crippen molar-refractivity contribution in [2.75, 3.05) is 30.1 Å². The summed E-state index contributed by atoms with van der Waals surface area (Å²) in [7, 11) is -3.01. The Morgan fingerprint density at radius 1 is 0.795 bits per heavy atom. The Balaban J connectivity index is 1.46. The van der Waals surface area contributed by atoms with E-state index in [0.717, 1.165) is 27.8 Å². The van der Waals surface area contributed by atoms with Crippen LogP contribution in [-0.2, 0) is 21.2 Å². The van der Waals surface area contributed by atoms with Gasteiger partial charge >= 0.3 is 5.97 Å². The van der Waals surface area contributed by atoms with E-state index in [9.17, 15) is 23.1 Å². The average Bonchev–Trinajstić information content (AvgIpc) is 2.97. The van der Waals surface area contributed by atoms with Crippen LogP contribution in [0.15, 0.2) is 84.9 Å². The predicted octanol–water partition coefficient (Wildman–Crippen LogP) is 6.40. The highest BCUT2D eigenvalue weighted by molar-refractivity contribution is 7.90. The van der Waals surface area contributed by atoms with Crippen LogP contribution in [0, 0.1) is 20.8 Å². The Bertz CT molecular complexity index is 1730. The molecule has 1 N–H and O–H groups in total. The highest BCUT2D eigenvalue weighted by Crippen LogP contribution is 2.32. The number of amides is 1. The molecule has 1 amide bonds. The number of aryl methyl sites for hydroxylation is 3. The topological polar surface area (TPSA) is 110 Å².